The lowest BCUT2D eigenvalue weighted by Gasteiger charge is -2.29. The van der Waals surface area contributed by atoms with Crippen LogP contribution in [0.1, 0.15) is 69.9 Å². The van der Waals surface area contributed by atoms with Gasteiger partial charge in [0.05, 0.1) is 13.2 Å². The van der Waals surface area contributed by atoms with Gasteiger partial charge in [0.2, 0.25) is 0 Å². The molecule has 1 saturated heterocycles. The highest BCUT2D eigenvalue weighted by atomic mass is 16.7. The summed E-state index contributed by atoms with van der Waals surface area (Å²) in [7, 11) is 0. The first-order chi connectivity index (χ1) is 11.3. The van der Waals surface area contributed by atoms with E-state index in [1.165, 1.54) is 56.1 Å². The SMILES string of the molecule is CCCCc1ccc(CCCCC2COC(CCC)OC2)cc1. The summed E-state index contributed by atoms with van der Waals surface area (Å²) in [4.78, 5) is 0. The molecule has 1 aliphatic heterocycles. The highest BCUT2D eigenvalue weighted by molar-refractivity contribution is 5.22. The van der Waals surface area contributed by atoms with Gasteiger partial charge in [-0.05, 0) is 49.7 Å². The van der Waals surface area contributed by atoms with Crippen molar-refractivity contribution >= 4 is 0 Å². The fourth-order valence-corrected chi connectivity index (χ4v) is 3.17. The van der Waals surface area contributed by atoms with Gasteiger partial charge in [-0.3, -0.25) is 0 Å². The van der Waals surface area contributed by atoms with Gasteiger partial charge in [-0.2, -0.15) is 0 Å². The van der Waals surface area contributed by atoms with Crippen LogP contribution in [0.3, 0.4) is 0 Å². The maximum atomic E-state index is 5.77. The molecule has 23 heavy (non-hydrogen) atoms. The molecule has 0 aliphatic carbocycles. The average Bonchev–Trinajstić information content (AvgIpc) is 2.59. The Morgan fingerprint density at radius 2 is 1.39 bits per heavy atom. The van der Waals surface area contributed by atoms with Gasteiger partial charge in [-0.25, -0.2) is 0 Å². The fourth-order valence-electron chi connectivity index (χ4n) is 3.17. The molecule has 0 radical (unpaired) electrons. The highest BCUT2D eigenvalue weighted by Crippen LogP contribution is 2.20. The molecule has 1 aromatic rings. The molecule has 0 saturated carbocycles. The van der Waals surface area contributed by atoms with Gasteiger partial charge in [0.1, 0.15) is 0 Å². The lowest BCUT2D eigenvalue weighted by molar-refractivity contribution is -0.203. The molecule has 2 heteroatoms. The van der Waals surface area contributed by atoms with E-state index in [-0.39, 0.29) is 6.29 Å². The fraction of sp³-hybridized carbons (Fsp3) is 0.714. The Morgan fingerprint density at radius 1 is 0.783 bits per heavy atom. The molecular formula is C21H34O2. The van der Waals surface area contributed by atoms with Gasteiger partial charge >= 0.3 is 0 Å². The number of hydrogen-bond donors (Lipinski definition) is 0. The topological polar surface area (TPSA) is 18.5 Å². The number of rotatable bonds is 10. The molecule has 0 N–H and O–H groups in total. The Kier molecular flexibility index (Phi) is 8.70. The summed E-state index contributed by atoms with van der Waals surface area (Å²) in [5, 5.41) is 0. The molecule has 2 nitrogen and oxygen atoms in total. The standard InChI is InChI=1S/C21H34O2/c1-3-5-9-18-12-14-19(15-13-18)10-6-7-11-20-16-22-21(8-4-2)23-17-20/h12-15,20-21H,3-11,16-17H2,1-2H3. The van der Waals surface area contributed by atoms with Crippen molar-refractivity contribution in [3.05, 3.63) is 35.4 Å². The molecule has 1 fully saturated rings. The summed E-state index contributed by atoms with van der Waals surface area (Å²) in [6, 6.07) is 9.24. The van der Waals surface area contributed by atoms with Crippen molar-refractivity contribution < 1.29 is 9.47 Å². The van der Waals surface area contributed by atoms with Crippen LogP contribution in [0.4, 0.5) is 0 Å². The van der Waals surface area contributed by atoms with Crippen LogP contribution in [0.25, 0.3) is 0 Å². The normalized spacial score (nSPS) is 21.5. The summed E-state index contributed by atoms with van der Waals surface area (Å²) >= 11 is 0. The van der Waals surface area contributed by atoms with Crippen LogP contribution in [0.5, 0.6) is 0 Å². The Bertz CT molecular complexity index is 404. The van der Waals surface area contributed by atoms with Crippen LogP contribution in [0, 0.1) is 5.92 Å². The van der Waals surface area contributed by atoms with Crippen LogP contribution in [0.15, 0.2) is 24.3 Å². The van der Waals surface area contributed by atoms with Crippen LogP contribution >= 0.6 is 0 Å². The Morgan fingerprint density at radius 3 is 1.96 bits per heavy atom. The zero-order valence-corrected chi connectivity index (χ0v) is 15.1. The largest absolute Gasteiger partial charge is 0.352 e. The smallest absolute Gasteiger partial charge is 0.157 e. The molecule has 1 heterocycles. The summed E-state index contributed by atoms with van der Waals surface area (Å²) in [5.74, 6) is 0.597. The Balaban J connectivity index is 1.57. The third kappa shape index (κ3) is 7.05. The van der Waals surface area contributed by atoms with Gasteiger partial charge in [-0.15, -0.1) is 0 Å². The number of benzene rings is 1. The molecule has 1 aliphatic rings. The first kappa shape index (κ1) is 18.5. The van der Waals surface area contributed by atoms with E-state index < -0.39 is 0 Å². The third-order valence-corrected chi connectivity index (χ3v) is 4.73. The first-order valence-corrected chi connectivity index (χ1v) is 9.62. The average molecular weight is 319 g/mol. The Labute approximate surface area is 142 Å². The number of aryl methyl sites for hydroxylation is 2. The molecule has 2 rings (SSSR count). The highest BCUT2D eigenvalue weighted by Gasteiger charge is 2.20. The second-order valence-corrected chi connectivity index (χ2v) is 6.92. The number of hydrogen-bond acceptors (Lipinski definition) is 2. The van der Waals surface area contributed by atoms with Crippen LogP contribution in [-0.4, -0.2) is 19.5 Å². The van der Waals surface area contributed by atoms with E-state index in [0.29, 0.717) is 5.92 Å². The minimum Gasteiger partial charge on any atom is -0.352 e. The number of unbranched alkanes of at least 4 members (excludes halogenated alkanes) is 2. The summed E-state index contributed by atoms with van der Waals surface area (Å²) in [5.41, 5.74) is 2.96. The van der Waals surface area contributed by atoms with Crippen molar-refractivity contribution in [2.75, 3.05) is 13.2 Å². The molecule has 0 unspecified atom stereocenters. The monoisotopic (exact) mass is 318 g/mol. The van der Waals surface area contributed by atoms with Crippen molar-refractivity contribution in [2.24, 2.45) is 5.92 Å². The van der Waals surface area contributed by atoms with Crippen molar-refractivity contribution in [3.8, 4) is 0 Å². The van der Waals surface area contributed by atoms with E-state index in [9.17, 15) is 0 Å². The summed E-state index contributed by atoms with van der Waals surface area (Å²) < 4.78 is 11.5. The molecule has 0 atom stereocenters. The van der Waals surface area contributed by atoms with Gasteiger partial charge in [-0.1, -0.05) is 57.4 Å². The lowest BCUT2D eigenvalue weighted by Crippen LogP contribution is -2.31. The first-order valence-electron chi connectivity index (χ1n) is 9.62. The molecule has 0 spiro atoms. The molecule has 0 bridgehead atoms. The van der Waals surface area contributed by atoms with E-state index >= 15 is 0 Å². The predicted molar refractivity (Wildman–Crippen MR) is 96.7 cm³/mol. The molecule has 0 amide bonds. The van der Waals surface area contributed by atoms with E-state index in [1.54, 1.807) is 0 Å². The minimum atomic E-state index is 0.0578. The van der Waals surface area contributed by atoms with Crippen molar-refractivity contribution in [3.63, 3.8) is 0 Å². The number of ether oxygens (including phenoxy) is 2. The van der Waals surface area contributed by atoms with Crippen LogP contribution in [0.2, 0.25) is 0 Å². The molecule has 130 valence electrons. The van der Waals surface area contributed by atoms with Gasteiger partial charge in [0.15, 0.2) is 6.29 Å². The quantitative estimate of drug-likeness (QED) is 0.528. The Hall–Kier alpha value is -0.860. The van der Waals surface area contributed by atoms with E-state index in [0.717, 1.165) is 26.1 Å². The van der Waals surface area contributed by atoms with Crippen molar-refractivity contribution in [1.29, 1.82) is 0 Å². The van der Waals surface area contributed by atoms with Gasteiger partial charge < -0.3 is 9.47 Å². The van der Waals surface area contributed by atoms with Crippen molar-refractivity contribution in [1.82, 2.24) is 0 Å². The van der Waals surface area contributed by atoms with Crippen molar-refractivity contribution in [2.45, 2.75) is 77.9 Å². The minimum absolute atomic E-state index is 0.0578. The maximum absolute atomic E-state index is 5.77. The second kappa shape index (κ2) is 10.8. The van der Waals surface area contributed by atoms with Gasteiger partial charge in [0.25, 0.3) is 0 Å². The molecular weight excluding hydrogens is 284 g/mol. The van der Waals surface area contributed by atoms with E-state index in [2.05, 4.69) is 38.1 Å². The second-order valence-electron chi connectivity index (χ2n) is 6.92. The zero-order valence-electron chi connectivity index (χ0n) is 15.1. The lowest BCUT2D eigenvalue weighted by atomic mass is 9.99. The summed E-state index contributed by atoms with van der Waals surface area (Å²) in [6.07, 6.45) is 11.0. The van der Waals surface area contributed by atoms with E-state index in [4.69, 9.17) is 9.47 Å². The van der Waals surface area contributed by atoms with Gasteiger partial charge in [0, 0.05) is 5.92 Å². The molecule has 1 aromatic carbocycles. The molecule has 0 aromatic heterocycles. The van der Waals surface area contributed by atoms with Crippen LogP contribution < -0.4 is 0 Å². The summed E-state index contributed by atoms with van der Waals surface area (Å²) in [6.45, 7) is 6.20. The maximum Gasteiger partial charge on any atom is 0.157 e. The predicted octanol–water partition coefficient (Wildman–Crippen LogP) is 5.53. The van der Waals surface area contributed by atoms with Crippen LogP contribution in [-0.2, 0) is 22.3 Å². The third-order valence-electron chi connectivity index (χ3n) is 4.73. The van der Waals surface area contributed by atoms with E-state index in [1.807, 2.05) is 0 Å². The zero-order chi connectivity index (χ0) is 16.3.